The van der Waals surface area contributed by atoms with Crippen molar-refractivity contribution < 1.29 is 14.4 Å². The number of nitrogens with zero attached hydrogens (tertiary/aromatic N) is 1. The molecule has 0 radical (unpaired) electrons. The van der Waals surface area contributed by atoms with Gasteiger partial charge in [-0.3, -0.25) is 9.59 Å². The van der Waals surface area contributed by atoms with Gasteiger partial charge in [0.1, 0.15) is 0 Å². The second kappa shape index (κ2) is 7.98. The molecule has 2 aliphatic heterocycles. The smallest absolute Gasteiger partial charge is 0.317 e. The number of hydrogen-bond acceptors (Lipinski definition) is 3. The number of amides is 4. The summed E-state index contributed by atoms with van der Waals surface area (Å²) in [5.74, 6) is -0.380. The van der Waals surface area contributed by atoms with Crippen molar-refractivity contribution in [2.45, 2.75) is 13.8 Å². The maximum atomic E-state index is 12.7. The Labute approximate surface area is 182 Å². The molecule has 156 valence electrons. The fourth-order valence-corrected chi connectivity index (χ4v) is 4.19. The molecule has 0 unspecified atom stereocenters. The molecule has 4 amide bonds. The van der Waals surface area contributed by atoms with Crippen molar-refractivity contribution in [3.05, 3.63) is 50.8 Å². The first-order chi connectivity index (χ1) is 14.3. The Morgan fingerprint density at radius 2 is 2.10 bits per heavy atom. The average molecular weight is 472 g/mol. The van der Waals surface area contributed by atoms with E-state index in [0.29, 0.717) is 37.3 Å². The largest absolute Gasteiger partial charge is 0.358 e. The number of aromatic amines is 1. The van der Waals surface area contributed by atoms with Gasteiger partial charge in [0.25, 0.3) is 11.8 Å². The van der Waals surface area contributed by atoms with Crippen molar-refractivity contribution in [3.8, 4) is 0 Å². The lowest BCUT2D eigenvalue weighted by molar-refractivity contribution is -0.110. The van der Waals surface area contributed by atoms with Gasteiger partial charge in [0.05, 0.1) is 11.1 Å². The zero-order valence-corrected chi connectivity index (χ0v) is 18.3. The van der Waals surface area contributed by atoms with E-state index in [9.17, 15) is 14.4 Å². The molecule has 8 nitrogen and oxygen atoms in total. The number of carbonyl (C=O) groups excluding carboxylic acids is 3. The second-order valence-electron chi connectivity index (χ2n) is 7.34. The van der Waals surface area contributed by atoms with Crippen LogP contribution in [0.1, 0.15) is 32.9 Å². The molecule has 1 saturated heterocycles. The highest BCUT2D eigenvalue weighted by atomic mass is 79.9. The van der Waals surface area contributed by atoms with Gasteiger partial charge in [-0.2, -0.15) is 0 Å². The Balaban J connectivity index is 1.53. The van der Waals surface area contributed by atoms with Crippen LogP contribution in [0.5, 0.6) is 0 Å². The number of rotatable bonds is 5. The lowest BCUT2D eigenvalue weighted by Crippen LogP contribution is -2.37. The van der Waals surface area contributed by atoms with Crippen molar-refractivity contribution in [1.82, 2.24) is 20.5 Å². The summed E-state index contributed by atoms with van der Waals surface area (Å²) in [6.07, 6.45) is 1.78. The highest BCUT2D eigenvalue weighted by Gasteiger charge is 2.26. The molecule has 2 aliphatic rings. The molecule has 1 aromatic carbocycles. The second-order valence-corrected chi connectivity index (χ2v) is 8.26. The lowest BCUT2D eigenvalue weighted by Gasteiger charge is -2.14. The molecule has 0 aliphatic carbocycles. The molecule has 4 N–H and O–H groups in total. The molecule has 9 heteroatoms. The van der Waals surface area contributed by atoms with Crippen LogP contribution in [0, 0.1) is 13.8 Å². The molecule has 30 heavy (non-hydrogen) atoms. The number of hydrogen-bond donors (Lipinski definition) is 4. The minimum absolute atomic E-state index is 0.103. The zero-order valence-electron chi connectivity index (χ0n) is 16.7. The maximum absolute atomic E-state index is 12.7. The van der Waals surface area contributed by atoms with Crippen molar-refractivity contribution in [1.29, 1.82) is 0 Å². The molecule has 4 rings (SSSR count). The predicted molar refractivity (Wildman–Crippen MR) is 118 cm³/mol. The molecule has 0 spiro atoms. The number of benzene rings is 1. The molecule has 0 atom stereocenters. The number of halogens is 1. The first kappa shape index (κ1) is 20.2. The van der Waals surface area contributed by atoms with Gasteiger partial charge in [0, 0.05) is 53.3 Å². The fourth-order valence-electron chi connectivity index (χ4n) is 3.82. The normalized spacial score (nSPS) is 16.6. The van der Waals surface area contributed by atoms with Gasteiger partial charge in [0.2, 0.25) is 0 Å². The third-order valence-corrected chi connectivity index (χ3v) is 5.86. The topological polar surface area (TPSA) is 106 Å². The average Bonchev–Trinajstić information content (AvgIpc) is 3.32. The van der Waals surface area contributed by atoms with E-state index >= 15 is 0 Å². The van der Waals surface area contributed by atoms with Gasteiger partial charge >= 0.3 is 6.03 Å². The summed E-state index contributed by atoms with van der Waals surface area (Å²) in [5.41, 5.74) is 4.89. The summed E-state index contributed by atoms with van der Waals surface area (Å²) in [6.45, 7) is 5.80. The van der Waals surface area contributed by atoms with Crippen LogP contribution >= 0.6 is 15.9 Å². The van der Waals surface area contributed by atoms with Gasteiger partial charge in [-0.15, -0.1) is 0 Å². The molecular weight excluding hydrogens is 450 g/mol. The van der Waals surface area contributed by atoms with Crippen LogP contribution in [0.3, 0.4) is 0 Å². The van der Waals surface area contributed by atoms with Crippen LogP contribution in [0.15, 0.2) is 22.7 Å². The summed E-state index contributed by atoms with van der Waals surface area (Å²) in [6, 6.07) is 5.52. The van der Waals surface area contributed by atoms with Crippen molar-refractivity contribution in [3.63, 3.8) is 0 Å². The summed E-state index contributed by atoms with van der Waals surface area (Å²) >= 11 is 3.44. The van der Waals surface area contributed by atoms with Crippen LogP contribution in [0.4, 0.5) is 10.5 Å². The molecule has 3 heterocycles. The Morgan fingerprint density at radius 3 is 2.83 bits per heavy atom. The maximum Gasteiger partial charge on any atom is 0.317 e. The minimum Gasteiger partial charge on any atom is -0.358 e. The first-order valence-corrected chi connectivity index (χ1v) is 10.5. The molecule has 1 aromatic heterocycles. The van der Waals surface area contributed by atoms with E-state index in [4.69, 9.17) is 0 Å². The van der Waals surface area contributed by atoms with E-state index in [1.165, 1.54) is 0 Å². The Bertz CT molecular complexity index is 1090. The third kappa shape index (κ3) is 3.72. The van der Waals surface area contributed by atoms with E-state index in [0.717, 1.165) is 32.7 Å². The van der Waals surface area contributed by atoms with E-state index in [2.05, 4.69) is 36.9 Å². The van der Waals surface area contributed by atoms with Gasteiger partial charge in [-0.05, 0) is 43.7 Å². The predicted octanol–water partition coefficient (Wildman–Crippen LogP) is 2.64. The summed E-state index contributed by atoms with van der Waals surface area (Å²) in [5, 5.41) is 8.48. The standard InChI is InChI=1S/C21H22BrN5O3/c1-11-17(10-15-14-9-13(22)3-4-16(14)26-19(15)28)25-12(2)18(11)20(29)23-5-7-27-8-6-24-21(27)30/h3-4,9-10,25H,5-8H2,1-2H3,(H,23,29)(H,24,30)(H,26,28). The van der Waals surface area contributed by atoms with Crippen LogP contribution in [0.25, 0.3) is 11.6 Å². The summed E-state index contributed by atoms with van der Waals surface area (Å²) in [4.78, 5) is 41.7. The molecule has 2 aromatic rings. The molecule has 1 fully saturated rings. The van der Waals surface area contributed by atoms with Gasteiger partial charge in [-0.25, -0.2) is 4.79 Å². The highest BCUT2D eigenvalue weighted by molar-refractivity contribution is 9.10. The third-order valence-electron chi connectivity index (χ3n) is 5.37. The number of fused-ring (bicyclic) bond motifs is 1. The molecule has 0 bridgehead atoms. The lowest BCUT2D eigenvalue weighted by atomic mass is 10.0. The number of aryl methyl sites for hydroxylation is 1. The highest BCUT2D eigenvalue weighted by Crippen LogP contribution is 2.35. The first-order valence-electron chi connectivity index (χ1n) is 9.68. The van der Waals surface area contributed by atoms with Crippen molar-refractivity contribution >= 4 is 51.1 Å². The SMILES string of the molecule is Cc1[nH]c(C=C2C(=O)Nc3ccc(Br)cc32)c(C)c1C(=O)NCCN1CCNC1=O. The number of H-pyrrole nitrogens is 1. The quantitative estimate of drug-likeness (QED) is 0.503. The van der Waals surface area contributed by atoms with E-state index < -0.39 is 0 Å². The van der Waals surface area contributed by atoms with Gasteiger partial charge in [0.15, 0.2) is 0 Å². The van der Waals surface area contributed by atoms with Gasteiger partial charge < -0.3 is 25.8 Å². The van der Waals surface area contributed by atoms with Crippen LogP contribution in [-0.2, 0) is 4.79 Å². The van der Waals surface area contributed by atoms with Crippen molar-refractivity contribution in [2.75, 3.05) is 31.5 Å². The molecular formula is C21H22BrN5O3. The van der Waals surface area contributed by atoms with E-state index in [1.807, 2.05) is 32.0 Å². The van der Waals surface area contributed by atoms with Crippen molar-refractivity contribution in [2.24, 2.45) is 0 Å². The van der Waals surface area contributed by atoms with Gasteiger partial charge in [-0.1, -0.05) is 15.9 Å². The Hall–Kier alpha value is -3.07. The van der Waals surface area contributed by atoms with E-state index in [-0.39, 0.29) is 17.8 Å². The minimum atomic E-state index is -0.204. The van der Waals surface area contributed by atoms with Crippen LogP contribution < -0.4 is 16.0 Å². The number of carbonyl (C=O) groups is 3. The number of anilines is 1. The van der Waals surface area contributed by atoms with Crippen LogP contribution in [0.2, 0.25) is 0 Å². The monoisotopic (exact) mass is 471 g/mol. The summed E-state index contributed by atoms with van der Waals surface area (Å²) < 4.78 is 0.884. The molecule has 0 saturated carbocycles. The number of urea groups is 1. The zero-order chi connectivity index (χ0) is 21.4. The Morgan fingerprint density at radius 1 is 1.30 bits per heavy atom. The summed E-state index contributed by atoms with van der Waals surface area (Å²) in [7, 11) is 0. The Kier molecular flexibility index (Phi) is 5.38. The number of aromatic nitrogens is 1. The fraction of sp³-hybridized carbons (Fsp3) is 0.286. The number of nitrogens with one attached hydrogen (secondary N) is 4. The van der Waals surface area contributed by atoms with Crippen LogP contribution in [-0.4, -0.2) is 53.9 Å². The van der Waals surface area contributed by atoms with E-state index in [1.54, 1.807) is 11.0 Å².